The molecule has 0 amide bonds. The largest absolute Gasteiger partial charge is 0.388 e. The average Bonchev–Trinajstić information content (AvgIpc) is 2.35. The van der Waals surface area contributed by atoms with E-state index in [0.717, 1.165) is 5.56 Å². The van der Waals surface area contributed by atoms with Gasteiger partial charge in [-0.1, -0.05) is 35.9 Å². The van der Waals surface area contributed by atoms with Crippen molar-refractivity contribution in [2.45, 2.75) is 12.5 Å². The minimum Gasteiger partial charge on any atom is -0.388 e. The summed E-state index contributed by atoms with van der Waals surface area (Å²) < 4.78 is 13.8. The number of aliphatic hydroxyl groups is 1. The molecule has 0 aliphatic rings. The van der Waals surface area contributed by atoms with Crippen molar-refractivity contribution < 1.29 is 9.50 Å². The van der Waals surface area contributed by atoms with E-state index in [4.69, 9.17) is 11.6 Å². The molecule has 0 radical (unpaired) electrons. The minimum absolute atomic E-state index is 0.362. The summed E-state index contributed by atoms with van der Waals surface area (Å²) in [6, 6.07) is 11.9. The van der Waals surface area contributed by atoms with Gasteiger partial charge in [0.25, 0.3) is 0 Å². The molecule has 0 bridgehead atoms. The first kappa shape index (κ1) is 13.5. The zero-order valence-electron chi connectivity index (χ0n) is 9.41. The molecular weight excluding hydrogens is 319 g/mol. The van der Waals surface area contributed by atoms with Crippen LogP contribution in [0.5, 0.6) is 0 Å². The fraction of sp³-hybridized carbons (Fsp3) is 0.143. The van der Waals surface area contributed by atoms with Gasteiger partial charge >= 0.3 is 0 Å². The van der Waals surface area contributed by atoms with E-state index in [2.05, 4.69) is 15.9 Å². The van der Waals surface area contributed by atoms with Crippen LogP contribution < -0.4 is 0 Å². The van der Waals surface area contributed by atoms with Gasteiger partial charge in [0.1, 0.15) is 5.82 Å². The predicted molar refractivity (Wildman–Crippen MR) is 74.2 cm³/mol. The van der Waals surface area contributed by atoms with Gasteiger partial charge in [-0.2, -0.15) is 0 Å². The van der Waals surface area contributed by atoms with E-state index in [1.807, 2.05) is 18.2 Å². The maximum absolute atomic E-state index is 13.4. The lowest BCUT2D eigenvalue weighted by Gasteiger charge is -2.12. The van der Waals surface area contributed by atoms with Crippen molar-refractivity contribution in [2.24, 2.45) is 0 Å². The van der Waals surface area contributed by atoms with E-state index >= 15 is 0 Å². The molecule has 0 saturated carbocycles. The van der Waals surface area contributed by atoms with Crippen molar-refractivity contribution >= 4 is 27.5 Å². The molecule has 2 aromatic rings. The Labute approximate surface area is 118 Å². The first-order valence-corrected chi connectivity index (χ1v) is 6.61. The number of rotatable bonds is 3. The second-order valence-electron chi connectivity index (χ2n) is 3.98. The summed E-state index contributed by atoms with van der Waals surface area (Å²) in [5, 5.41) is 10.7. The van der Waals surface area contributed by atoms with Crippen LogP contribution in [-0.4, -0.2) is 5.11 Å². The van der Waals surface area contributed by atoms with Gasteiger partial charge in [0.15, 0.2) is 0 Å². The van der Waals surface area contributed by atoms with Crippen molar-refractivity contribution in [1.82, 2.24) is 0 Å². The van der Waals surface area contributed by atoms with Crippen LogP contribution in [0.4, 0.5) is 4.39 Å². The van der Waals surface area contributed by atoms with Crippen LogP contribution in [0.25, 0.3) is 0 Å². The molecule has 4 heteroatoms. The summed E-state index contributed by atoms with van der Waals surface area (Å²) in [4.78, 5) is 0. The summed E-state index contributed by atoms with van der Waals surface area (Å²) in [6.07, 6.45) is -0.409. The third kappa shape index (κ3) is 3.10. The second-order valence-corrected chi connectivity index (χ2v) is 5.25. The SMILES string of the molecule is OC(Cc1ccccc1Cl)c1ccc(Br)c(F)c1. The van der Waals surface area contributed by atoms with E-state index in [-0.39, 0.29) is 5.82 Å². The third-order valence-electron chi connectivity index (χ3n) is 2.70. The molecule has 0 aliphatic heterocycles. The fourth-order valence-corrected chi connectivity index (χ4v) is 2.17. The normalized spacial score (nSPS) is 12.4. The molecule has 0 aliphatic carbocycles. The molecule has 18 heavy (non-hydrogen) atoms. The van der Waals surface area contributed by atoms with Crippen LogP contribution in [0.1, 0.15) is 17.2 Å². The minimum atomic E-state index is -0.771. The number of hydrogen-bond acceptors (Lipinski definition) is 1. The lowest BCUT2D eigenvalue weighted by atomic mass is 10.0. The van der Waals surface area contributed by atoms with E-state index in [0.29, 0.717) is 21.5 Å². The maximum atomic E-state index is 13.4. The average molecular weight is 330 g/mol. The van der Waals surface area contributed by atoms with Crippen molar-refractivity contribution in [3.8, 4) is 0 Å². The van der Waals surface area contributed by atoms with Crippen LogP contribution in [-0.2, 0) is 6.42 Å². The molecule has 1 N–H and O–H groups in total. The molecular formula is C14H11BrClFO. The number of benzene rings is 2. The van der Waals surface area contributed by atoms with E-state index in [9.17, 15) is 9.50 Å². The zero-order valence-corrected chi connectivity index (χ0v) is 11.7. The lowest BCUT2D eigenvalue weighted by Crippen LogP contribution is -2.02. The molecule has 1 atom stereocenters. The Bertz CT molecular complexity index is 559. The molecule has 0 spiro atoms. The predicted octanol–water partition coefficient (Wildman–Crippen LogP) is 4.52. The van der Waals surface area contributed by atoms with E-state index < -0.39 is 6.10 Å². The van der Waals surface area contributed by atoms with Gasteiger partial charge in [0, 0.05) is 11.4 Å². The van der Waals surface area contributed by atoms with Crippen LogP contribution in [0.15, 0.2) is 46.9 Å². The topological polar surface area (TPSA) is 20.2 Å². The van der Waals surface area contributed by atoms with Crippen LogP contribution >= 0.6 is 27.5 Å². The fourth-order valence-electron chi connectivity index (χ4n) is 1.71. The highest BCUT2D eigenvalue weighted by atomic mass is 79.9. The molecule has 0 saturated heterocycles. The summed E-state index contributed by atoms with van der Waals surface area (Å²) in [5.41, 5.74) is 1.38. The van der Waals surface area contributed by atoms with E-state index in [1.165, 1.54) is 6.07 Å². The first-order valence-electron chi connectivity index (χ1n) is 5.44. The molecule has 0 aromatic heterocycles. The highest BCUT2D eigenvalue weighted by molar-refractivity contribution is 9.10. The smallest absolute Gasteiger partial charge is 0.137 e. The number of halogens is 3. The monoisotopic (exact) mass is 328 g/mol. The molecule has 0 heterocycles. The highest BCUT2D eigenvalue weighted by Gasteiger charge is 2.12. The zero-order chi connectivity index (χ0) is 13.1. The van der Waals surface area contributed by atoms with Crippen LogP contribution in [0.3, 0.4) is 0 Å². The Morgan fingerprint density at radius 1 is 1.22 bits per heavy atom. The van der Waals surface area contributed by atoms with Crippen molar-refractivity contribution in [2.75, 3.05) is 0 Å². The Balaban J connectivity index is 2.19. The molecule has 1 nitrogen and oxygen atoms in total. The molecule has 2 rings (SSSR count). The van der Waals surface area contributed by atoms with Gasteiger partial charge in [-0.25, -0.2) is 4.39 Å². The highest BCUT2D eigenvalue weighted by Crippen LogP contribution is 2.25. The van der Waals surface area contributed by atoms with E-state index in [1.54, 1.807) is 18.2 Å². The summed E-state index contributed by atoms with van der Waals surface area (Å²) in [5.74, 6) is -0.384. The Morgan fingerprint density at radius 2 is 1.94 bits per heavy atom. The van der Waals surface area contributed by atoms with Crippen LogP contribution in [0, 0.1) is 5.82 Å². The van der Waals surface area contributed by atoms with Gasteiger partial charge in [0.05, 0.1) is 10.6 Å². The Morgan fingerprint density at radius 3 is 2.61 bits per heavy atom. The second kappa shape index (κ2) is 5.83. The number of hydrogen-bond donors (Lipinski definition) is 1. The maximum Gasteiger partial charge on any atom is 0.137 e. The van der Waals surface area contributed by atoms with Gasteiger partial charge in [0.2, 0.25) is 0 Å². The van der Waals surface area contributed by atoms with Gasteiger partial charge < -0.3 is 5.11 Å². The number of aliphatic hydroxyl groups excluding tert-OH is 1. The quantitative estimate of drug-likeness (QED) is 0.878. The van der Waals surface area contributed by atoms with Gasteiger partial charge in [-0.05, 0) is 45.3 Å². The molecule has 0 fully saturated rings. The Kier molecular flexibility index (Phi) is 4.38. The van der Waals surface area contributed by atoms with Gasteiger partial charge in [-0.3, -0.25) is 0 Å². The van der Waals surface area contributed by atoms with Crippen molar-refractivity contribution in [1.29, 1.82) is 0 Å². The molecule has 2 aromatic carbocycles. The molecule has 1 unspecified atom stereocenters. The molecule has 94 valence electrons. The van der Waals surface area contributed by atoms with Gasteiger partial charge in [-0.15, -0.1) is 0 Å². The summed E-state index contributed by atoms with van der Waals surface area (Å²) in [6.45, 7) is 0. The Hall–Kier alpha value is -0.900. The van der Waals surface area contributed by atoms with Crippen LogP contribution in [0.2, 0.25) is 5.02 Å². The lowest BCUT2D eigenvalue weighted by molar-refractivity contribution is 0.178. The summed E-state index contributed by atoms with van der Waals surface area (Å²) in [7, 11) is 0. The van der Waals surface area contributed by atoms with Crippen molar-refractivity contribution in [3.63, 3.8) is 0 Å². The standard InChI is InChI=1S/C14H11BrClFO/c15-11-6-5-10(7-13(11)17)14(18)8-9-3-1-2-4-12(9)16/h1-7,14,18H,8H2. The first-order chi connectivity index (χ1) is 8.58. The van der Waals surface area contributed by atoms with Crippen molar-refractivity contribution in [3.05, 3.63) is 68.9 Å². The summed E-state index contributed by atoms with van der Waals surface area (Å²) >= 11 is 9.10. The third-order valence-corrected chi connectivity index (χ3v) is 3.71.